The van der Waals surface area contributed by atoms with Gasteiger partial charge in [-0.2, -0.15) is 0 Å². The molecule has 100 valence electrons. The highest BCUT2D eigenvalue weighted by molar-refractivity contribution is 5.07. The third-order valence-electron chi connectivity index (χ3n) is 6.11. The lowest BCUT2D eigenvalue weighted by Gasteiger charge is -2.25. The van der Waals surface area contributed by atoms with Crippen LogP contribution in [0.25, 0.3) is 0 Å². The minimum absolute atomic E-state index is 0.613. The minimum Gasteiger partial charge on any atom is -0.370 e. The van der Waals surface area contributed by atoms with Crippen molar-refractivity contribution in [2.75, 3.05) is 0 Å². The van der Waals surface area contributed by atoms with E-state index in [1.807, 2.05) is 0 Å². The van der Waals surface area contributed by atoms with Gasteiger partial charge in [0.05, 0.1) is 12.2 Å². The predicted octanol–water partition coefficient (Wildman–Crippen LogP) is 4.33. The van der Waals surface area contributed by atoms with E-state index in [9.17, 15) is 0 Å². The Balaban J connectivity index is 1.23. The summed E-state index contributed by atoms with van der Waals surface area (Å²) in [6.07, 6.45) is 14.0. The highest BCUT2D eigenvalue weighted by Crippen LogP contribution is 2.52. The van der Waals surface area contributed by atoms with Crippen LogP contribution in [0.2, 0.25) is 0 Å². The number of rotatable bonds is 4. The fraction of sp³-hybridized carbons (Fsp3) is 0.882. The average Bonchev–Trinajstić information content (AvgIpc) is 3.26. The Hall–Kier alpha value is -0.300. The molecule has 0 aromatic rings. The van der Waals surface area contributed by atoms with E-state index < -0.39 is 0 Å². The number of hydrogen-bond donors (Lipinski definition) is 0. The molecule has 0 aromatic carbocycles. The maximum Gasteiger partial charge on any atom is 0.0847 e. The zero-order valence-electron chi connectivity index (χ0n) is 11.4. The van der Waals surface area contributed by atoms with Crippen molar-refractivity contribution in [3.8, 4) is 0 Å². The van der Waals surface area contributed by atoms with Gasteiger partial charge in [0, 0.05) is 0 Å². The fourth-order valence-corrected chi connectivity index (χ4v) is 4.58. The maximum absolute atomic E-state index is 5.63. The molecule has 1 nitrogen and oxygen atoms in total. The van der Waals surface area contributed by atoms with Crippen LogP contribution in [0.15, 0.2) is 12.2 Å². The average molecular weight is 246 g/mol. The quantitative estimate of drug-likeness (QED) is 0.531. The molecule has 0 spiro atoms. The summed E-state index contributed by atoms with van der Waals surface area (Å²) >= 11 is 0. The van der Waals surface area contributed by atoms with E-state index in [0.717, 1.165) is 23.7 Å². The molecule has 6 atom stereocenters. The van der Waals surface area contributed by atoms with Crippen molar-refractivity contribution in [1.82, 2.24) is 0 Å². The molecule has 0 amide bonds. The first-order chi connectivity index (χ1) is 8.79. The summed E-state index contributed by atoms with van der Waals surface area (Å²) in [5.41, 5.74) is 1.54. The van der Waals surface area contributed by atoms with E-state index in [1.54, 1.807) is 12.0 Å². The number of ether oxygens (including phenoxy) is 1. The molecule has 4 rings (SSSR count). The van der Waals surface area contributed by atoms with Crippen LogP contribution in [0.1, 0.15) is 57.8 Å². The van der Waals surface area contributed by atoms with Crippen molar-refractivity contribution in [3.05, 3.63) is 12.2 Å². The van der Waals surface area contributed by atoms with Crippen LogP contribution in [0.3, 0.4) is 0 Å². The monoisotopic (exact) mass is 246 g/mol. The van der Waals surface area contributed by atoms with Crippen LogP contribution in [0.5, 0.6) is 0 Å². The Kier molecular flexibility index (Phi) is 2.80. The molecule has 3 saturated carbocycles. The van der Waals surface area contributed by atoms with Gasteiger partial charge in [0.2, 0.25) is 0 Å². The van der Waals surface area contributed by atoms with Crippen molar-refractivity contribution in [3.63, 3.8) is 0 Å². The van der Waals surface area contributed by atoms with Crippen LogP contribution >= 0.6 is 0 Å². The second kappa shape index (κ2) is 4.37. The molecule has 3 aliphatic carbocycles. The van der Waals surface area contributed by atoms with Crippen LogP contribution < -0.4 is 0 Å². The first-order valence-electron chi connectivity index (χ1n) is 8.12. The molecule has 1 aliphatic heterocycles. The Morgan fingerprint density at radius 3 is 2.72 bits per heavy atom. The molecule has 0 radical (unpaired) electrons. The van der Waals surface area contributed by atoms with Gasteiger partial charge in [-0.3, -0.25) is 0 Å². The highest BCUT2D eigenvalue weighted by atomic mass is 16.6. The second-order valence-corrected chi connectivity index (χ2v) is 7.35. The number of epoxide rings is 1. The van der Waals surface area contributed by atoms with Crippen LogP contribution in [-0.2, 0) is 4.74 Å². The van der Waals surface area contributed by atoms with Gasteiger partial charge >= 0.3 is 0 Å². The molecule has 0 N–H and O–H groups in total. The first-order valence-corrected chi connectivity index (χ1v) is 8.12. The largest absolute Gasteiger partial charge is 0.370 e. The molecule has 1 saturated heterocycles. The van der Waals surface area contributed by atoms with E-state index in [-0.39, 0.29) is 0 Å². The van der Waals surface area contributed by atoms with Gasteiger partial charge in [-0.05, 0) is 75.0 Å². The second-order valence-electron chi connectivity index (χ2n) is 7.35. The van der Waals surface area contributed by atoms with Gasteiger partial charge in [0.25, 0.3) is 0 Å². The fourth-order valence-electron chi connectivity index (χ4n) is 4.58. The van der Waals surface area contributed by atoms with Crippen molar-refractivity contribution in [1.29, 1.82) is 0 Å². The van der Waals surface area contributed by atoms with E-state index in [1.165, 1.54) is 51.4 Å². The molecule has 4 fully saturated rings. The Morgan fingerprint density at radius 2 is 1.89 bits per heavy atom. The molecular weight excluding hydrogens is 220 g/mol. The SMILES string of the molecule is C=C(CCC1CCC2CC2C1)C1CCC2OC2C1. The molecule has 18 heavy (non-hydrogen) atoms. The summed E-state index contributed by atoms with van der Waals surface area (Å²) in [5.74, 6) is 4.09. The smallest absolute Gasteiger partial charge is 0.0847 e. The lowest BCUT2D eigenvalue weighted by molar-refractivity contribution is 0.318. The Labute approximate surface area is 111 Å². The lowest BCUT2D eigenvalue weighted by atomic mass is 9.80. The Bertz CT molecular complexity index is 348. The van der Waals surface area contributed by atoms with E-state index in [2.05, 4.69) is 6.58 Å². The molecule has 1 heteroatoms. The van der Waals surface area contributed by atoms with Crippen molar-refractivity contribution >= 4 is 0 Å². The zero-order chi connectivity index (χ0) is 12.1. The summed E-state index contributed by atoms with van der Waals surface area (Å²) in [6, 6.07) is 0. The van der Waals surface area contributed by atoms with Crippen molar-refractivity contribution in [2.24, 2.45) is 23.7 Å². The van der Waals surface area contributed by atoms with Gasteiger partial charge in [-0.25, -0.2) is 0 Å². The summed E-state index contributed by atoms with van der Waals surface area (Å²) in [5, 5.41) is 0. The summed E-state index contributed by atoms with van der Waals surface area (Å²) in [7, 11) is 0. The summed E-state index contributed by atoms with van der Waals surface area (Å²) < 4.78 is 5.63. The number of allylic oxidation sites excluding steroid dienone is 1. The van der Waals surface area contributed by atoms with Gasteiger partial charge in [0.1, 0.15) is 0 Å². The number of fused-ring (bicyclic) bond motifs is 2. The third-order valence-corrected chi connectivity index (χ3v) is 6.11. The zero-order valence-corrected chi connectivity index (χ0v) is 11.4. The van der Waals surface area contributed by atoms with Crippen LogP contribution in [-0.4, -0.2) is 12.2 Å². The summed E-state index contributed by atoms with van der Waals surface area (Å²) in [6.45, 7) is 4.39. The normalized spacial score (nSPS) is 49.1. The standard InChI is InChI=1S/C17H26O/c1-11(13-6-7-16-17(10-13)18-16)2-3-12-4-5-14-9-15(14)8-12/h12-17H,1-10H2. The van der Waals surface area contributed by atoms with Gasteiger partial charge < -0.3 is 4.74 Å². The Morgan fingerprint density at radius 1 is 0.944 bits per heavy atom. The molecule has 4 aliphatic rings. The molecule has 0 bridgehead atoms. The summed E-state index contributed by atoms with van der Waals surface area (Å²) in [4.78, 5) is 0. The first kappa shape index (κ1) is 11.5. The van der Waals surface area contributed by atoms with Gasteiger partial charge in [0.15, 0.2) is 0 Å². The molecule has 0 aromatic heterocycles. The topological polar surface area (TPSA) is 12.5 Å². The van der Waals surface area contributed by atoms with Crippen LogP contribution in [0.4, 0.5) is 0 Å². The number of hydrogen-bond acceptors (Lipinski definition) is 1. The third kappa shape index (κ3) is 2.27. The van der Waals surface area contributed by atoms with E-state index in [0.29, 0.717) is 12.2 Å². The molecule has 1 heterocycles. The molecule has 6 unspecified atom stereocenters. The predicted molar refractivity (Wildman–Crippen MR) is 73.3 cm³/mol. The maximum atomic E-state index is 5.63. The minimum atomic E-state index is 0.613. The van der Waals surface area contributed by atoms with E-state index in [4.69, 9.17) is 4.74 Å². The highest BCUT2D eigenvalue weighted by Gasteiger charge is 2.44. The van der Waals surface area contributed by atoms with E-state index >= 15 is 0 Å². The molecular formula is C17H26O. The van der Waals surface area contributed by atoms with Crippen molar-refractivity contribution < 1.29 is 4.74 Å². The van der Waals surface area contributed by atoms with Gasteiger partial charge in [-0.1, -0.05) is 18.6 Å². The van der Waals surface area contributed by atoms with Gasteiger partial charge in [-0.15, -0.1) is 0 Å². The van der Waals surface area contributed by atoms with Crippen LogP contribution in [0, 0.1) is 23.7 Å². The lowest BCUT2D eigenvalue weighted by Crippen LogP contribution is -2.16. The van der Waals surface area contributed by atoms with Crippen molar-refractivity contribution in [2.45, 2.75) is 70.0 Å².